The van der Waals surface area contributed by atoms with E-state index in [4.69, 9.17) is 0 Å². The van der Waals surface area contributed by atoms with Crippen molar-refractivity contribution in [3.8, 4) is 0 Å². The van der Waals surface area contributed by atoms with Crippen molar-refractivity contribution >= 4 is 11.9 Å². The molecule has 0 aliphatic carbocycles. The van der Waals surface area contributed by atoms with Gasteiger partial charge in [0, 0.05) is 31.0 Å². The number of carbonyl (C=O) groups is 2. The molecule has 0 N–H and O–H groups in total. The van der Waals surface area contributed by atoms with Crippen LogP contribution in [0.25, 0.3) is 0 Å². The highest BCUT2D eigenvalue weighted by Crippen LogP contribution is 2.29. The second-order valence-corrected chi connectivity index (χ2v) is 5.48. The predicted octanol–water partition coefficient (Wildman–Crippen LogP) is 3.31. The van der Waals surface area contributed by atoms with E-state index >= 15 is 0 Å². The summed E-state index contributed by atoms with van der Waals surface area (Å²) in [6.45, 7) is 0.272. The van der Waals surface area contributed by atoms with Gasteiger partial charge in [-0.15, -0.1) is 0 Å². The van der Waals surface area contributed by atoms with Crippen LogP contribution in [0.1, 0.15) is 27.9 Å². The molecular weight excluding hydrogens is 349 g/mol. The molecule has 0 saturated heterocycles. The highest BCUT2D eigenvalue weighted by molar-refractivity contribution is 5.94. The zero-order chi connectivity index (χ0) is 19.2. The lowest BCUT2D eigenvalue weighted by atomic mass is 10.1. The van der Waals surface area contributed by atoms with Crippen molar-refractivity contribution in [2.45, 2.75) is 19.1 Å². The van der Waals surface area contributed by atoms with E-state index in [9.17, 15) is 22.8 Å². The third kappa shape index (κ3) is 5.30. The molecule has 0 aliphatic rings. The summed E-state index contributed by atoms with van der Waals surface area (Å²) in [4.78, 5) is 29.4. The van der Waals surface area contributed by atoms with E-state index in [0.717, 1.165) is 29.8 Å². The van der Waals surface area contributed by atoms with E-state index < -0.39 is 23.6 Å². The molecular formula is C18H17F3N2O3. The number of hydrogen-bond donors (Lipinski definition) is 0. The van der Waals surface area contributed by atoms with Crippen LogP contribution in [-0.4, -0.2) is 35.4 Å². The number of hydrogen-bond acceptors (Lipinski definition) is 4. The van der Waals surface area contributed by atoms with Crippen LogP contribution in [-0.2, 0) is 22.3 Å². The summed E-state index contributed by atoms with van der Waals surface area (Å²) in [5.74, 6) is -0.954. The van der Waals surface area contributed by atoms with Gasteiger partial charge in [0.15, 0.2) is 0 Å². The Hall–Kier alpha value is -2.90. The molecule has 0 aliphatic heterocycles. The minimum absolute atomic E-state index is 0.0199. The van der Waals surface area contributed by atoms with Gasteiger partial charge in [-0.1, -0.05) is 0 Å². The van der Waals surface area contributed by atoms with Gasteiger partial charge < -0.3 is 9.64 Å². The van der Waals surface area contributed by atoms with Gasteiger partial charge in [0.2, 0.25) is 0 Å². The van der Waals surface area contributed by atoms with Crippen LogP contribution >= 0.6 is 0 Å². The van der Waals surface area contributed by atoms with E-state index in [1.165, 1.54) is 12.0 Å². The third-order valence-electron chi connectivity index (χ3n) is 3.68. The molecule has 0 saturated carbocycles. The van der Waals surface area contributed by atoms with Gasteiger partial charge in [0.1, 0.15) is 0 Å². The summed E-state index contributed by atoms with van der Waals surface area (Å²) in [6, 6.07) is 7.40. The fourth-order valence-corrected chi connectivity index (χ4v) is 2.27. The zero-order valence-electron chi connectivity index (χ0n) is 14.0. The molecule has 8 heteroatoms. The van der Waals surface area contributed by atoms with Crippen LogP contribution in [0.4, 0.5) is 13.2 Å². The topological polar surface area (TPSA) is 59.5 Å². The molecule has 1 aromatic carbocycles. The molecule has 0 unspecified atom stereocenters. The lowest BCUT2D eigenvalue weighted by molar-refractivity contribution is -0.141. The first kappa shape index (κ1) is 19.4. The van der Waals surface area contributed by atoms with Crippen molar-refractivity contribution < 1.29 is 27.5 Å². The molecule has 0 atom stereocenters. The molecule has 1 amide bonds. The van der Waals surface area contributed by atoms with Gasteiger partial charge in [0.25, 0.3) is 5.91 Å². The monoisotopic (exact) mass is 366 g/mol. The Morgan fingerprint density at radius 2 is 1.69 bits per heavy atom. The molecule has 0 bridgehead atoms. The predicted molar refractivity (Wildman–Crippen MR) is 87.1 cm³/mol. The fourth-order valence-electron chi connectivity index (χ4n) is 2.27. The minimum Gasteiger partial charge on any atom is -0.469 e. The molecule has 138 valence electrons. The van der Waals surface area contributed by atoms with E-state index in [1.807, 2.05) is 0 Å². The van der Waals surface area contributed by atoms with Crippen LogP contribution in [0.2, 0.25) is 0 Å². The zero-order valence-corrected chi connectivity index (χ0v) is 14.0. The van der Waals surface area contributed by atoms with Crippen molar-refractivity contribution in [1.29, 1.82) is 0 Å². The first-order valence-corrected chi connectivity index (χ1v) is 7.73. The minimum atomic E-state index is -4.47. The Labute approximate surface area is 148 Å². The molecule has 0 fully saturated rings. The third-order valence-corrected chi connectivity index (χ3v) is 3.68. The number of methoxy groups -OCH3 is 1. The molecule has 26 heavy (non-hydrogen) atoms. The summed E-state index contributed by atoms with van der Waals surface area (Å²) >= 11 is 0. The summed E-state index contributed by atoms with van der Waals surface area (Å²) in [7, 11) is 1.24. The maximum Gasteiger partial charge on any atom is 0.416 e. The summed E-state index contributed by atoms with van der Waals surface area (Å²) in [6.07, 6.45) is -1.36. The number of nitrogens with zero attached hydrogens (tertiary/aromatic N) is 2. The number of carbonyl (C=O) groups excluding carboxylic acids is 2. The summed E-state index contributed by atoms with van der Waals surface area (Å²) < 4.78 is 42.6. The fraction of sp³-hybridized carbons (Fsp3) is 0.278. The van der Waals surface area contributed by atoms with Gasteiger partial charge >= 0.3 is 12.1 Å². The number of benzene rings is 1. The van der Waals surface area contributed by atoms with Gasteiger partial charge in [-0.2, -0.15) is 13.2 Å². The maximum absolute atomic E-state index is 12.7. The van der Waals surface area contributed by atoms with Crippen molar-refractivity contribution in [3.63, 3.8) is 0 Å². The van der Waals surface area contributed by atoms with E-state index in [2.05, 4.69) is 9.72 Å². The summed E-state index contributed by atoms with van der Waals surface area (Å²) in [5, 5.41) is 0. The van der Waals surface area contributed by atoms with Gasteiger partial charge in [-0.3, -0.25) is 14.6 Å². The van der Waals surface area contributed by atoms with Crippen LogP contribution in [0.15, 0.2) is 48.8 Å². The van der Waals surface area contributed by atoms with Crippen LogP contribution in [0.3, 0.4) is 0 Å². The first-order valence-electron chi connectivity index (χ1n) is 7.73. The Bertz CT molecular complexity index is 747. The number of halogens is 3. The highest BCUT2D eigenvalue weighted by Gasteiger charge is 2.30. The van der Waals surface area contributed by atoms with Crippen molar-refractivity contribution in [2.24, 2.45) is 0 Å². The Kier molecular flexibility index (Phi) is 6.32. The van der Waals surface area contributed by atoms with Crippen molar-refractivity contribution in [1.82, 2.24) is 9.88 Å². The number of pyridine rings is 1. The molecule has 1 heterocycles. The Balaban J connectivity index is 2.19. The second kappa shape index (κ2) is 8.46. The smallest absolute Gasteiger partial charge is 0.416 e. The maximum atomic E-state index is 12.7. The normalized spacial score (nSPS) is 11.1. The quantitative estimate of drug-likeness (QED) is 0.736. The second-order valence-electron chi connectivity index (χ2n) is 5.48. The van der Waals surface area contributed by atoms with Gasteiger partial charge in [-0.25, -0.2) is 0 Å². The summed E-state index contributed by atoms with van der Waals surface area (Å²) in [5.41, 5.74) is 0.0614. The molecule has 0 spiro atoms. The standard InChI is InChI=1S/C18H17F3N2O3/c1-26-16(24)8-11-23(12-13-6-9-22-10-7-13)17(25)14-2-4-15(5-3-14)18(19,20)21/h2-7,9-10H,8,11-12H2,1H3. The van der Waals surface area contributed by atoms with Gasteiger partial charge in [0.05, 0.1) is 19.1 Å². The van der Waals surface area contributed by atoms with Gasteiger partial charge in [-0.05, 0) is 42.0 Å². The average molecular weight is 366 g/mol. The van der Waals surface area contributed by atoms with Crippen molar-refractivity contribution in [3.05, 3.63) is 65.5 Å². The average Bonchev–Trinajstić information content (AvgIpc) is 2.64. The Morgan fingerprint density at radius 3 is 2.23 bits per heavy atom. The highest BCUT2D eigenvalue weighted by atomic mass is 19.4. The Morgan fingerprint density at radius 1 is 1.08 bits per heavy atom. The number of aromatic nitrogens is 1. The van der Waals surface area contributed by atoms with Crippen LogP contribution in [0, 0.1) is 0 Å². The van der Waals surface area contributed by atoms with E-state index in [-0.39, 0.29) is 25.1 Å². The molecule has 2 aromatic rings. The van der Waals surface area contributed by atoms with Crippen LogP contribution < -0.4 is 0 Å². The molecule has 1 aromatic heterocycles. The first-order chi connectivity index (χ1) is 12.3. The number of alkyl halides is 3. The van der Waals surface area contributed by atoms with Crippen molar-refractivity contribution in [2.75, 3.05) is 13.7 Å². The number of amides is 1. The lowest BCUT2D eigenvalue weighted by Gasteiger charge is -2.22. The van der Waals surface area contributed by atoms with E-state index in [0.29, 0.717) is 0 Å². The lowest BCUT2D eigenvalue weighted by Crippen LogP contribution is -2.32. The number of ether oxygens (including phenoxy) is 1. The number of rotatable bonds is 6. The number of esters is 1. The molecule has 2 rings (SSSR count). The molecule has 5 nitrogen and oxygen atoms in total. The SMILES string of the molecule is COC(=O)CCN(Cc1ccncc1)C(=O)c1ccc(C(F)(F)F)cc1. The van der Waals surface area contributed by atoms with Crippen LogP contribution in [0.5, 0.6) is 0 Å². The van der Waals surface area contributed by atoms with E-state index in [1.54, 1.807) is 24.5 Å². The largest absolute Gasteiger partial charge is 0.469 e. The molecule has 0 radical (unpaired) electrons.